The Kier molecular flexibility index (Phi) is 8.24. The Morgan fingerprint density at radius 2 is 1.86 bits per heavy atom. The molecule has 0 saturated heterocycles. The Morgan fingerprint density at radius 3 is 2.36 bits per heavy atom. The van der Waals surface area contributed by atoms with Gasteiger partial charge in [-0.2, -0.15) is 0 Å². The third kappa shape index (κ3) is 7.43. The van der Waals surface area contributed by atoms with E-state index in [9.17, 15) is 19.2 Å². The molecule has 1 aromatic carbocycles. The molecule has 1 amide bonds. The van der Waals surface area contributed by atoms with Gasteiger partial charge in [0.15, 0.2) is 0 Å². The van der Waals surface area contributed by atoms with Gasteiger partial charge in [-0.1, -0.05) is 11.6 Å². The minimum Gasteiger partial charge on any atom is -0.492 e. The van der Waals surface area contributed by atoms with E-state index in [0.717, 1.165) is 0 Å². The summed E-state index contributed by atoms with van der Waals surface area (Å²) in [7, 11) is 1.18. The summed E-state index contributed by atoms with van der Waals surface area (Å²) in [6.07, 6.45) is -0.726. The third-order valence-electron chi connectivity index (χ3n) is 3.23. The Hall–Kier alpha value is -2.81. The second-order valence-electron chi connectivity index (χ2n) is 6.64. The molecular weight excluding hydrogens is 394 g/mol. The van der Waals surface area contributed by atoms with Gasteiger partial charge >= 0.3 is 18.0 Å². The number of hydrogen-bond donors (Lipinski definition) is 2. The number of carboxylic acids is 1. The van der Waals surface area contributed by atoms with E-state index in [2.05, 4.69) is 10.1 Å². The molecule has 9 nitrogen and oxygen atoms in total. The number of hydrogen-bond acceptors (Lipinski definition) is 7. The van der Waals surface area contributed by atoms with Crippen LogP contribution in [0.1, 0.15) is 37.6 Å². The summed E-state index contributed by atoms with van der Waals surface area (Å²) < 4.78 is 15.2. The molecule has 0 spiro atoms. The lowest BCUT2D eigenvalue weighted by Crippen LogP contribution is -2.44. The Bertz CT molecular complexity index is 756. The maximum Gasteiger partial charge on any atom is 0.408 e. The maximum absolute atomic E-state index is 11.9. The fraction of sp³-hybridized carbons (Fsp3) is 0.444. The van der Waals surface area contributed by atoms with Crippen molar-refractivity contribution in [2.45, 2.75) is 38.8 Å². The molecule has 28 heavy (non-hydrogen) atoms. The molecule has 0 aromatic heterocycles. The summed E-state index contributed by atoms with van der Waals surface area (Å²) in [4.78, 5) is 45.8. The summed E-state index contributed by atoms with van der Waals surface area (Å²) >= 11 is 5.99. The second-order valence-corrected chi connectivity index (χ2v) is 7.05. The third-order valence-corrected chi connectivity index (χ3v) is 3.52. The van der Waals surface area contributed by atoms with Gasteiger partial charge in [0.25, 0.3) is 5.78 Å². The van der Waals surface area contributed by atoms with Crippen LogP contribution in [0.5, 0.6) is 5.75 Å². The topological polar surface area (TPSA) is 128 Å². The number of halogens is 1. The van der Waals surface area contributed by atoms with Crippen LogP contribution in [0.25, 0.3) is 0 Å². The van der Waals surface area contributed by atoms with Crippen LogP contribution in [-0.2, 0) is 19.1 Å². The lowest BCUT2D eigenvalue weighted by Gasteiger charge is -2.22. The zero-order valence-electron chi connectivity index (χ0n) is 15.9. The molecule has 0 bridgehead atoms. The van der Waals surface area contributed by atoms with E-state index in [1.54, 1.807) is 20.8 Å². The summed E-state index contributed by atoms with van der Waals surface area (Å²) in [6, 6.07) is 2.76. The van der Waals surface area contributed by atoms with Gasteiger partial charge in [-0.25, -0.2) is 14.4 Å². The average molecular weight is 416 g/mol. The van der Waals surface area contributed by atoms with Crippen LogP contribution in [0.15, 0.2) is 18.2 Å². The summed E-state index contributed by atoms with van der Waals surface area (Å²) in [5, 5.41) is 11.1. The number of benzene rings is 1. The van der Waals surface area contributed by atoms with Gasteiger partial charge in [0.1, 0.15) is 17.4 Å². The standard InChI is InChI=1S/C18H22ClNO8/c1-18(2,3)28-17(25)20-12(16(24)26-4)7-8-27-13-6-5-10(9-11(13)19)14(21)15(22)23/h5-6,9,12H,7-8H2,1-4H3,(H,20,25)(H,22,23). The molecule has 0 aliphatic heterocycles. The highest BCUT2D eigenvalue weighted by atomic mass is 35.5. The first-order valence-corrected chi connectivity index (χ1v) is 8.59. The van der Waals surface area contributed by atoms with Crippen LogP contribution in [0, 0.1) is 0 Å². The van der Waals surface area contributed by atoms with Crippen LogP contribution < -0.4 is 10.1 Å². The Labute approximate surface area is 166 Å². The van der Waals surface area contributed by atoms with Crippen LogP contribution in [0.4, 0.5) is 4.79 Å². The molecule has 0 fully saturated rings. The van der Waals surface area contributed by atoms with Crippen molar-refractivity contribution in [2.24, 2.45) is 0 Å². The molecule has 0 radical (unpaired) electrons. The highest BCUT2D eigenvalue weighted by Crippen LogP contribution is 2.26. The molecule has 1 unspecified atom stereocenters. The van der Waals surface area contributed by atoms with Gasteiger partial charge in [0.05, 0.1) is 18.7 Å². The molecule has 0 aliphatic rings. The predicted octanol–water partition coefficient (Wildman–Crippen LogP) is 2.44. The number of nitrogens with one attached hydrogen (secondary N) is 1. The van der Waals surface area contributed by atoms with Gasteiger partial charge in [-0.3, -0.25) is 4.79 Å². The van der Waals surface area contributed by atoms with Gasteiger partial charge < -0.3 is 24.6 Å². The van der Waals surface area contributed by atoms with E-state index >= 15 is 0 Å². The van der Waals surface area contributed by atoms with Crippen molar-refractivity contribution in [3.8, 4) is 5.75 Å². The van der Waals surface area contributed by atoms with E-state index < -0.39 is 35.5 Å². The number of amides is 1. The minimum absolute atomic E-state index is 0.0263. The van der Waals surface area contributed by atoms with Gasteiger partial charge in [-0.05, 0) is 39.0 Å². The quantitative estimate of drug-likeness (QED) is 0.376. The number of rotatable bonds is 8. The van der Waals surface area contributed by atoms with Gasteiger partial charge in [-0.15, -0.1) is 0 Å². The van der Waals surface area contributed by atoms with Crippen LogP contribution in [0.2, 0.25) is 5.02 Å². The fourth-order valence-corrected chi connectivity index (χ4v) is 2.25. The van der Waals surface area contributed by atoms with E-state index in [-0.39, 0.29) is 29.4 Å². The van der Waals surface area contributed by atoms with Crippen molar-refractivity contribution in [1.29, 1.82) is 0 Å². The fourth-order valence-electron chi connectivity index (χ4n) is 2.01. The molecule has 1 aromatic rings. The summed E-state index contributed by atoms with van der Waals surface area (Å²) in [6.45, 7) is 5.03. The minimum atomic E-state index is -1.60. The molecular formula is C18H22ClNO8. The SMILES string of the molecule is COC(=O)C(CCOc1ccc(C(=O)C(=O)O)cc1Cl)NC(=O)OC(C)(C)C. The number of carbonyl (C=O) groups is 4. The Balaban J connectivity index is 2.71. The predicted molar refractivity (Wildman–Crippen MR) is 98.7 cm³/mol. The van der Waals surface area contributed by atoms with E-state index in [1.807, 2.05) is 0 Å². The molecule has 154 valence electrons. The van der Waals surface area contributed by atoms with Crippen molar-refractivity contribution in [3.05, 3.63) is 28.8 Å². The molecule has 0 saturated carbocycles. The number of ketones is 1. The maximum atomic E-state index is 11.9. The summed E-state index contributed by atoms with van der Waals surface area (Å²) in [5.74, 6) is -3.19. The summed E-state index contributed by atoms with van der Waals surface area (Å²) in [5.41, 5.74) is -0.826. The van der Waals surface area contributed by atoms with Crippen LogP contribution >= 0.6 is 11.6 Å². The number of carboxylic acid groups (broad SMARTS) is 1. The monoisotopic (exact) mass is 415 g/mol. The average Bonchev–Trinajstić information content (AvgIpc) is 2.59. The van der Waals surface area contributed by atoms with Crippen LogP contribution in [-0.4, -0.2) is 54.3 Å². The van der Waals surface area contributed by atoms with E-state index in [0.29, 0.717) is 0 Å². The first-order chi connectivity index (χ1) is 12.9. The smallest absolute Gasteiger partial charge is 0.408 e. The molecule has 10 heteroatoms. The van der Waals surface area contributed by atoms with Crippen molar-refractivity contribution >= 4 is 35.4 Å². The lowest BCUT2D eigenvalue weighted by atomic mass is 10.1. The molecule has 1 rings (SSSR count). The van der Waals surface area contributed by atoms with Gasteiger partial charge in [0.2, 0.25) is 0 Å². The first kappa shape index (κ1) is 23.2. The van der Waals surface area contributed by atoms with Crippen molar-refractivity contribution in [1.82, 2.24) is 5.32 Å². The highest BCUT2D eigenvalue weighted by molar-refractivity contribution is 6.40. The number of Topliss-reactive ketones (excluding diaryl/α,β-unsaturated/α-hetero) is 1. The lowest BCUT2D eigenvalue weighted by molar-refractivity contribution is -0.143. The van der Waals surface area contributed by atoms with Crippen LogP contribution in [0.3, 0.4) is 0 Å². The van der Waals surface area contributed by atoms with Crippen molar-refractivity contribution in [2.75, 3.05) is 13.7 Å². The largest absolute Gasteiger partial charge is 0.492 e. The highest BCUT2D eigenvalue weighted by Gasteiger charge is 2.25. The number of alkyl carbamates (subject to hydrolysis) is 1. The Morgan fingerprint density at radius 1 is 1.21 bits per heavy atom. The molecule has 0 aliphatic carbocycles. The first-order valence-electron chi connectivity index (χ1n) is 8.22. The number of esters is 1. The molecule has 0 heterocycles. The number of carbonyl (C=O) groups excluding carboxylic acids is 3. The number of ether oxygens (including phenoxy) is 3. The zero-order chi connectivity index (χ0) is 21.5. The zero-order valence-corrected chi connectivity index (χ0v) is 16.7. The number of methoxy groups -OCH3 is 1. The molecule has 1 atom stereocenters. The van der Waals surface area contributed by atoms with Crippen molar-refractivity contribution in [3.63, 3.8) is 0 Å². The van der Waals surface area contributed by atoms with Gasteiger partial charge in [0, 0.05) is 12.0 Å². The van der Waals surface area contributed by atoms with E-state index in [4.69, 9.17) is 26.2 Å². The molecule has 2 N–H and O–H groups in total. The normalized spacial score (nSPS) is 11.9. The number of aliphatic carboxylic acids is 1. The second kappa shape index (κ2) is 9.93. The van der Waals surface area contributed by atoms with Crippen molar-refractivity contribution < 1.29 is 38.5 Å². The van der Waals surface area contributed by atoms with E-state index in [1.165, 1.54) is 25.3 Å².